The number of aryl methyl sites for hydroxylation is 1. The molecular weight excluding hydrogens is 408 g/mol. The second-order valence-corrected chi connectivity index (χ2v) is 8.14. The maximum atomic E-state index is 12.5. The highest BCUT2D eigenvalue weighted by Crippen LogP contribution is 2.29. The number of hydrogen-bond acceptors (Lipinski definition) is 5. The number of rotatable bonds is 11. The van der Waals surface area contributed by atoms with Gasteiger partial charge < -0.3 is 14.8 Å². The minimum absolute atomic E-state index is 0.115. The van der Waals surface area contributed by atoms with Crippen LogP contribution in [0.5, 0.6) is 11.5 Å². The SMILES string of the molecule is CCOc1cc(C(=O)NCCSCc2ccc(C)cc2)ccc1OCc1cccnc1. The van der Waals surface area contributed by atoms with E-state index in [9.17, 15) is 4.79 Å². The maximum absolute atomic E-state index is 12.5. The van der Waals surface area contributed by atoms with Crippen LogP contribution in [0.3, 0.4) is 0 Å². The molecule has 0 fully saturated rings. The Hall–Kier alpha value is -2.99. The smallest absolute Gasteiger partial charge is 0.251 e. The predicted molar refractivity (Wildman–Crippen MR) is 126 cm³/mol. The number of pyridine rings is 1. The van der Waals surface area contributed by atoms with Gasteiger partial charge in [-0.05, 0) is 43.7 Å². The molecule has 0 aliphatic heterocycles. The van der Waals surface area contributed by atoms with Crippen LogP contribution in [-0.2, 0) is 12.4 Å². The van der Waals surface area contributed by atoms with Gasteiger partial charge in [0.1, 0.15) is 6.61 Å². The lowest BCUT2D eigenvalue weighted by atomic mass is 10.2. The number of carbonyl (C=O) groups excluding carboxylic acids is 1. The predicted octanol–water partition coefficient (Wildman–Crippen LogP) is 5.03. The highest BCUT2D eigenvalue weighted by molar-refractivity contribution is 7.98. The first kappa shape index (κ1) is 22.7. The van der Waals surface area contributed by atoms with E-state index in [1.54, 1.807) is 42.4 Å². The van der Waals surface area contributed by atoms with Crippen molar-refractivity contribution < 1.29 is 14.3 Å². The minimum atomic E-state index is -0.115. The van der Waals surface area contributed by atoms with Gasteiger partial charge in [0.2, 0.25) is 0 Å². The number of ether oxygens (including phenoxy) is 2. The van der Waals surface area contributed by atoms with Crippen molar-refractivity contribution in [3.05, 3.63) is 89.2 Å². The van der Waals surface area contributed by atoms with E-state index in [0.717, 1.165) is 17.1 Å². The van der Waals surface area contributed by atoms with Gasteiger partial charge in [0.05, 0.1) is 6.61 Å². The minimum Gasteiger partial charge on any atom is -0.490 e. The first-order chi connectivity index (χ1) is 15.2. The topological polar surface area (TPSA) is 60.5 Å². The Morgan fingerprint density at radius 2 is 1.87 bits per heavy atom. The molecule has 0 radical (unpaired) electrons. The summed E-state index contributed by atoms with van der Waals surface area (Å²) in [4.78, 5) is 16.6. The van der Waals surface area contributed by atoms with Gasteiger partial charge in [-0.1, -0.05) is 35.9 Å². The summed E-state index contributed by atoms with van der Waals surface area (Å²) in [5, 5.41) is 2.98. The van der Waals surface area contributed by atoms with E-state index in [0.29, 0.717) is 36.8 Å². The Bertz CT molecular complexity index is 962. The molecule has 1 aromatic heterocycles. The number of amides is 1. The molecule has 1 heterocycles. The van der Waals surface area contributed by atoms with E-state index in [1.165, 1.54) is 11.1 Å². The van der Waals surface area contributed by atoms with Gasteiger partial charge in [-0.3, -0.25) is 9.78 Å². The third-order valence-electron chi connectivity index (χ3n) is 4.54. The molecular formula is C25H28N2O3S. The Labute approximate surface area is 188 Å². The molecule has 0 aliphatic carbocycles. The van der Waals surface area contributed by atoms with E-state index in [2.05, 4.69) is 41.5 Å². The zero-order valence-electron chi connectivity index (χ0n) is 18.0. The number of thioether (sulfide) groups is 1. The van der Waals surface area contributed by atoms with Crippen molar-refractivity contribution in [1.29, 1.82) is 0 Å². The fourth-order valence-corrected chi connectivity index (χ4v) is 3.71. The number of nitrogens with one attached hydrogen (secondary N) is 1. The highest BCUT2D eigenvalue weighted by Gasteiger charge is 2.12. The molecule has 0 saturated carbocycles. The number of benzene rings is 2. The first-order valence-corrected chi connectivity index (χ1v) is 11.5. The summed E-state index contributed by atoms with van der Waals surface area (Å²) >= 11 is 1.80. The normalized spacial score (nSPS) is 10.5. The molecule has 162 valence electrons. The molecule has 0 saturated heterocycles. The van der Waals surface area contributed by atoms with Gasteiger partial charge >= 0.3 is 0 Å². The van der Waals surface area contributed by atoms with Crippen LogP contribution in [0, 0.1) is 6.92 Å². The lowest BCUT2D eigenvalue weighted by molar-refractivity contribution is 0.0955. The molecule has 3 rings (SSSR count). The van der Waals surface area contributed by atoms with Crippen molar-refractivity contribution in [1.82, 2.24) is 10.3 Å². The van der Waals surface area contributed by atoms with Gasteiger partial charge in [0.25, 0.3) is 5.91 Å². The zero-order valence-corrected chi connectivity index (χ0v) is 18.8. The van der Waals surface area contributed by atoms with Crippen molar-refractivity contribution in [3.8, 4) is 11.5 Å². The lowest BCUT2D eigenvalue weighted by Crippen LogP contribution is -2.25. The molecule has 0 unspecified atom stereocenters. The van der Waals surface area contributed by atoms with Gasteiger partial charge in [-0.25, -0.2) is 0 Å². The van der Waals surface area contributed by atoms with Crippen molar-refractivity contribution in [2.24, 2.45) is 0 Å². The fourth-order valence-electron chi connectivity index (χ4n) is 2.89. The summed E-state index contributed by atoms with van der Waals surface area (Å²) in [5.41, 5.74) is 4.08. The van der Waals surface area contributed by atoms with Gasteiger partial charge in [-0.15, -0.1) is 0 Å². The van der Waals surface area contributed by atoms with Gasteiger partial charge in [0, 0.05) is 41.6 Å². The van der Waals surface area contributed by atoms with Crippen LogP contribution in [0.1, 0.15) is 34.0 Å². The van der Waals surface area contributed by atoms with E-state index in [1.807, 2.05) is 19.1 Å². The van der Waals surface area contributed by atoms with Crippen molar-refractivity contribution in [3.63, 3.8) is 0 Å². The summed E-state index contributed by atoms with van der Waals surface area (Å²) in [6, 6.07) is 17.6. The number of nitrogens with zero attached hydrogens (tertiary/aromatic N) is 1. The molecule has 1 N–H and O–H groups in total. The molecule has 31 heavy (non-hydrogen) atoms. The molecule has 3 aromatic rings. The Kier molecular flexibility index (Phi) is 8.79. The van der Waals surface area contributed by atoms with Crippen LogP contribution in [-0.4, -0.2) is 29.8 Å². The second kappa shape index (κ2) is 12.0. The van der Waals surface area contributed by atoms with Gasteiger partial charge in [0.15, 0.2) is 11.5 Å². The summed E-state index contributed by atoms with van der Waals surface area (Å²) < 4.78 is 11.6. The second-order valence-electron chi connectivity index (χ2n) is 7.04. The van der Waals surface area contributed by atoms with Crippen LogP contribution in [0.4, 0.5) is 0 Å². The van der Waals surface area contributed by atoms with Crippen LogP contribution >= 0.6 is 11.8 Å². The third-order valence-corrected chi connectivity index (χ3v) is 5.57. The molecule has 2 aromatic carbocycles. The molecule has 1 amide bonds. The van der Waals surface area contributed by atoms with E-state index < -0.39 is 0 Å². The number of aromatic nitrogens is 1. The largest absolute Gasteiger partial charge is 0.490 e. The molecule has 0 aliphatic rings. The van der Waals surface area contributed by atoms with E-state index in [4.69, 9.17) is 9.47 Å². The average molecular weight is 437 g/mol. The van der Waals surface area contributed by atoms with Crippen molar-refractivity contribution in [2.75, 3.05) is 18.9 Å². The molecule has 6 heteroatoms. The third kappa shape index (κ3) is 7.33. The fraction of sp³-hybridized carbons (Fsp3) is 0.280. The van der Waals surface area contributed by atoms with Crippen LogP contribution in [0.15, 0.2) is 67.0 Å². The Balaban J connectivity index is 1.49. The van der Waals surface area contributed by atoms with E-state index in [-0.39, 0.29) is 5.91 Å². The van der Waals surface area contributed by atoms with E-state index >= 15 is 0 Å². The van der Waals surface area contributed by atoms with Crippen LogP contribution in [0.2, 0.25) is 0 Å². The van der Waals surface area contributed by atoms with Crippen molar-refractivity contribution >= 4 is 17.7 Å². The summed E-state index contributed by atoms with van der Waals surface area (Å²) in [7, 11) is 0. The molecule has 0 atom stereocenters. The Morgan fingerprint density at radius 3 is 2.61 bits per heavy atom. The molecule has 5 nitrogen and oxygen atoms in total. The standard InChI is InChI=1S/C25H28N2O3S/c1-3-29-24-15-22(10-11-23(24)30-17-21-5-4-12-26-16-21)25(28)27-13-14-31-18-20-8-6-19(2)7-9-20/h4-12,15-16H,3,13-14,17-18H2,1-2H3,(H,27,28). The van der Waals surface area contributed by atoms with Crippen LogP contribution in [0.25, 0.3) is 0 Å². The maximum Gasteiger partial charge on any atom is 0.251 e. The quantitative estimate of drug-likeness (QED) is 0.427. The summed E-state index contributed by atoms with van der Waals surface area (Å²) in [5.74, 6) is 2.84. The van der Waals surface area contributed by atoms with Gasteiger partial charge in [-0.2, -0.15) is 11.8 Å². The van der Waals surface area contributed by atoms with Crippen LogP contribution < -0.4 is 14.8 Å². The monoisotopic (exact) mass is 436 g/mol. The zero-order chi connectivity index (χ0) is 21.9. The average Bonchev–Trinajstić information content (AvgIpc) is 2.80. The number of carbonyl (C=O) groups is 1. The summed E-state index contributed by atoms with van der Waals surface area (Å²) in [6.07, 6.45) is 3.49. The first-order valence-electron chi connectivity index (χ1n) is 10.4. The molecule has 0 bridgehead atoms. The lowest BCUT2D eigenvalue weighted by Gasteiger charge is -2.13. The molecule has 0 spiro atoms. The van der Waals surface area contributed by atoms with Crippen molar-refractivity contribution in [2.45, 2.75) is 26.2 Å². The Morgan fingerprint density at radius 1 is 1.03 bits per heavy atom. The highest BCUT2D eigenvalue weighted by atomic mass is 32.2. The number of hydrogen-bond donors (Lipinski definition) is 1. The summed E-state index contributed by atoms with van der Waals surface area (Å²) in [6.45, 7) is 5.48.